The standard InChI is InChI=1S/C22H23N5O/c1-22(23)6-9-27(10-7-22)18-13-25-20(19-16(18)12-26-21(19)28)15-5-4-14-3-2-8-24-17(14)11-15/h2-5,8,11,13H,6-7,9-10,12,23H2,1H3,(H,26,28). The molecule has 0 spiro atoms. The predicted octanol–water partition coefficient (Wildman–Crippen LogP) is 2.86. The summed E-state index contributed by atoms with van der Waals surface area (Å²) in [7, 11) is 0. The van der Waals surface area contributed by atoms with Gasteiger partial charge < -0.3 is 16.0 Å². The van der Waals surface area contributed by atoms with Crippen LogP contribution in [0.3, 0.4) is 0 Å². The average Bonchev–Trinajstić information content (AvgIpc) is 3.09. The van der Waals surface area contributed by atoms with Gasteiger partial charge in [-0.15, -0.1) is 0 Å². The second-order valence-corrected chi connectivity index (χ2v) is 8.08. The van der Waals surface area contributed by atoms with Crippen molar-refractivity contribution in [2.75, 3.05) is 18.0 Å². The first-order chi connectivity index (χ1) is 13.5. The van der Waals surface area contributed by atoms with E-state index in [4.69, 9.17) is 10.7 Å². The molecular formula is C22H23N5O. The van der Waals surface area contributed by atoms with Crippen molar-refractivity contribution in [1.29, 1.82) is 0 Å². The number of hydrogen-bond acceptors (Lipinski definition) is 5. The first kappa shape index (κ1) is 17.1. The summed E-state index contributed by atoms with van der Waals surface area (Å²) < 4.78 is 0. The molecule has 28 heavy (non-hydrogen) atoms. The highest BCUT2D eigenvalue weighted by Gasteiger charge is 2.32. The van der Waals surface area contributed by atoms with Gasteiger partial charge in [-0.1, -0.05) is 18.2 Å². The second kappa shape index (κ2) is 6.27. The third-order valence-electron chi connectivity index (χ3n) is 5.94. The van der Waals surface area contributed by atoms with Crippen LogP contribution in [0.15, 0.2) is 42.7 Å². The molecule has 0 saturated carbocycles. The highest BCUT2D eigenvalue weighted by molar-refractivity contribution is 6.05. The molecule has 0 aliphatic carbocycles. The summed E-state index contributed by atoms with van der Waals surface area (Å²) in [6.45, 7) is 4.42. The second-order valence-electron chi connectivity index (χ2n) is 8.08. The van der Waals surface area contributed by atoms with Crippen LogP contribution in [0.2, 0.25) is 0 Å². The molecular weight excluding hydrogens is 350 g/mol. The fourth-order valence-electron chi connectivity index (χ4n) is 4.18. The van der Waals surface area contributed by atoms with Crippen LogP contribution in [-0.4, -0.2) is 34.5 Å². The number of anilines is 1. The van der Waals surface area contributed by atoms with E-state index in [1.165, 1.54) is 0 Å². The maximum atomic E-state index is 12.7. The number of carbonyl (C=O) groups is 1. The third kappa shape index (κ3) is 2.81. The van der Waals surface area contributed by atoms with Gasteiger partial charge in [0.25, 0.3) is 5.91 Å². The van der Waals surface area contributed by atoms with Crippen LogP contribution in [0.1, 0.15) is 35.7 Å². The molecule has 0 unspecified atom stereocenters. The number of fused-ring (bicyclic) bond motifs is 2. The summed E-state index contributed by atoms with van der Waals surface area (Å²) in [6.07, 6.45) is 5.56. The van der Waals surface area contributed by atoms with Gasteiger partial charge in [0.15, 0.2) is 0 Å². The van der Waals surface area contributed by atoms with Gasteiger partial charge in [-0.3, -0.25) is 14.8 Å². The van der Waals surface area contributed by atoms with E-state index in [-0.39, 0.29) is 11.4 Å². The molecule has 3 N–H and O–H groups in total. The molecule has 6 nitrogen and oxygen atoms in total. The number of aromatic nitrogens is 2. The van der Waals surface area contributed by atoms with Crippen molar-refractivity contribution in [3.05, 3.63) is 53.9 Å². The van der Waals surface area contributed by atoms with Crippen molar-refractivity contribution in [3.8, 4) is 11.3 Å². The maximum Gasteiger partial charge on any atom is 0.254 e. The molecule has 1 amide bonds. The minimum absolute atomic E-state index is 0.0545. The van der Waals surface area contributed by atoms with Crippen LogP contribution in [0.25, 0.3) is 22.2 Å². The van der Waals surface area contributed by atoms with E-state index in [0.29, 0.717) is 12.1 Å². The molecule has 3 aromatic rings. The van der Waals surface area contributed by atoms with E-state index in [0.717, 1.165) is 59.3 Å². The van der Waals surface area contributed by atoms with E-state index in [2.05, 4.69) is 22.1 Å². The Labute approximate surface area is 163 Å². The van der Waals surface area contributed by atoms with Crippen LogP contribution in [0.5, 0.6) is 0 Å². The Morgan fingerprint density at radius 3 is 2.82 bits per heavy atom. The number of nitrogens with two attached hydrogens (primary N) is 1. The molecule has 6 heteroatoms. The summed E-state index contributed by atoms with van der Waals surface area (Å²) in [5.41, 5.74) is 11.5. The third-order valence-corrected chi connectivity index (χ3v) is 5.94. The SMILES string of the molecule is CC1(N)CCN(c2cnc(-c3ccc4cccnc4c3)c3c2CNC3=O)CC1. The lowest BCUT2D eigenvalue weighted by Gasteiger charge is -2.38. The quantitative estimate of drug-likeness (QED) is 0.722. The minimum Gasteiger partial charge on any atom is -0.370 e. The van der Waals surface area contributed by atoms with Crippen LogP contribution < -0.4 is 16.0 Å². The van der Waals surface area contributed by atoms with Gasteiger partial charge in [-0.2, -0.15) is 0 Å². The number of benzene rings is 1. The maximum absolute atomic E-state index is 12.7. The Morgan fingerprint density at radius 1 is 1.18 bits per heavy atom. The lowest BCUT2D eigenvalue weighted by Crippen LogP contribution is -2.48. The number of pyridine rings is 2. The Bertz CT molecular complexity index is 1080. The fraction of sp³-hybridized carbons (Fsp3) is 0.318. The number of nitrogens with one attached hydrogen (secondary N) is 1. The lowest BCUT2D eigenvalue weighted by atomic mass is 9.90. The molecule has 4 heterocycles. The van der Waals surface area contributed by atoms with Gasteiger partial charge in [-0.05, 0) is 31.9 Å². The molecule has 1 fully saturated rings. The van der Waals surface area contributed by atoms with E-state index in [1.807, 2.05) is 36.5 Å². The van der Waals surface area contributed by atoms with E-state index >= 15 is 0 Å². The lowest BCUT2D eigenvalue weighted by molar-refractivity contribution is 0.0966. The van der Waals surface area contributed by atoms with Crippen molar-refractivity contribution in [2.45, 2.75) is 31.8 Å². The van der Waals surface area contributed by atoms with Gasteiger partial charge in [0.2, 0.25) is 0 Å². The molecule has 1 aromatic carbocycles. The zero-order valence-corrected chi connectivity index (χ0v) is 15.9. The molecule has 5 rings (SSSR count). The zero-order chi connectivity index (χ0) is 19.3. The van der Waals surface area contributed by atoms with Gasteiger partial charge in [0.05, 0.1) is 28.7 Å². The Morgan fingerprint density at radius 2 is 2.00 bits per heavy atom. The predicted molar refractivity (Wildman–Crippen MR) is 110 cm³/mol. The van der Waals surface area contributed by atoms with Crippen molar-refractivity contribution in [2.24, 2.45) is 5.73 Å². The average molecular weight is 373 g/mol. The zero-order valence-electron chi connectivity index (χ0n) is 15.9. The largest absolute Gasteiger partial charge is 0.370 e. The van der Waals surface area contributed by atoms with E-state index < -0.39 is 0 Å². The molecule has 0 bridgehead atoms. The summed E-state index contributed by atoms with van der Waals surface area (Å²) >= 11 is 0. The smallest absolute Gasteiger partial charge is 0.254 e. The summed E-state index contributed by atoms with van der Waals surface area (Å²) in [4.78, 5) is 24.1. The highest BCUT2D eigenvalue weighted by Crippen LogP contribution is 2.36. The van der Waals surface area contributed by atoms with E-state index in [1.54, 1.807) is 6.20 Å². The topological polar surface area (TPSA) is 84.1 Å². The first-order valence-corrected chi connectivity index (χ1v) is 9.71. The first-order valence-electron chi connectivity index (χ1n) is 9.71. The fourth-order valence-corrected chi connectivity index (χ4v) is 4.18. The summed E-state index contributed by atoms with van der Waals surface area (Å²) in [6, 6.07) is 9.99. The van der Waals surface area contributed by atoms with Crippen LogP contribution in [-0.2, 0) is 6.54 Å². The van der Waals surface area contributed by atoms with Crippen molar-refractivity contribution in [1.82, 2.24) is 15.3 Å². The van der Waals surface area contributed by atoms with Crippen molar-refractivity contribution in [3.63, 3.8) is 0 Å². The molecule has 0 atom stereocenters. The molecule has 2 aromatic heterocycles. The van der Waals surface area contributed by atoms with Gasteiger partial charge in [0.1, 0.15) is 0 Å². The van der Waals surface area contributed by atoms with Gasteiger partial charge >= 0.3 is 0 Å². The van der Waals surface area contributed by atoms with Gasteiger partial charge in [0, 0.05) is 47.9 Å². The number of rotatable bonds is 2. The van der Waals surface area contributed by atoms with Crippen molar-refractivity contribution < 1.29 is 4.79 Å². The van der Waals surface area contributed by atoms with Gasteiger partial charge in [-0.25, -0.2) is 0 Å². The highest BCUT2D eigenvalue weighted by atomic mass is 16.1. The number of nitrogens with zero attached hydrogens (tertiary/aromatic N) is 3. The van der Waals surface area contributed by atoms with Crippen LogP contribution in [0, 0.1) is 0 Å². The minimum atomic E-state index is -0.112. The molecule has 2 aliphatic heterocycles. The molecule has 1 saturated heterocycles. The van der Waals surface area contributed by atoms with Crippen LogP contribution in [0.4, 0.5) is 5.69 Å². The molecule has 142 valence electrons. The summed E-state index contributed by atoms with van der Waals surface area (Å²) in [5.74, 6) is -0.0545. The number of piperidine rings is 1. The summed E-state index contributed by atoms with van der Waals surface area (Å²) in [5, 5.41) is 4.05. The molecule has 2 aliphatic rings. The Hall–Kier alpha value is -2.99. The number of hydrogen-bond donors (Lipinski definition) is 2. The monoisotopic (exact) mass is 373 g/mol. The molecule has 0 radical (unpaired) electrons. The Balaban J connectivity index is 1.59. The van der Waals surface area contributed by atoms with Crippen LogP contribution >= 0.6 is 0 Å². The number of amides is 1. The Kier molecular flexibility index (Phi) is 3.84. The van der Waals surface area contributed by atoms with E-state index in [9.17, 15) is 4.79 Å². The number of carbonyl (C=O) groups excluding carboxylic acids is 1. The normalized spacial score (nSPS) is 18.2. The van der Waals surface area contributed by atoms with Crippen molar-refractivity contribution >= 4 is 22.5 Å².